The van der Waals surface area contributed by atoms with Gasteiger partial charge >= 0.3 is 6.03 Å². The molecule has 2 aromatic carbocycles. The number of primary amides is 1. The summed E-state index contributed by atoms with van der Waals surface area (Å²) < 4.78 is 28.9. The normalized spacial score (nSPS) is 15.0. The van der Waals surface area contributed by atoms with Crippen molar-refractivity contribution < 1.29 is 51.6 Å². The van der Waals surface area contributed by atoms with Crippen molar-refractivity contribution in [1.82, 2.24) is 41.1 Å². The van der Waals surface area contributed by atoms with E-state index in [1.807, 2.05) is 78.8 Å². The lowest BCUT2D eigenvalue weighted by atomic mass is 9.76. The van der Waals surface area contributed by atoms with Gasteiger partial charge in [-0.15, -0.1) is 0 Å². The van der Waals surface area contributed by atoms with Gasteiger partial charge in [0.2, 0.25) is 39.6 Å². The molecule has 0 fully saturated rings. The fourth-order valence-corrected chi connectivity index (χ4v) is 9.91. The van der Waals surface area contributed by atoms with Gasteiger partial charge in [-0.3, -0.25) is 43.3 Å². The van der Waals surface area contributed by atoms with Gasteiger partial charge < -0.3 is 42.5 Å². The number of anilines is 1. The quantitative estimate of drug-likeness (QED) is 0.0329. The molecule has 21 nitrogen and oxygen atoms in total. The molecule has 0 saturated carbocycles. The molecular formula is C55H82N10O11S. The van der Waals surface area contributed by atoms with Crippen molar-refractivity contribution in [3.05, 3.63) is 89.5 Å². The minimum absolute atomic E-state index is 0.0353. The number of benzene rings is 2. The summed E-state index contributed by atoms with van der Waals surface area (Å²) in [6, 6.07) is 10.1. The van der Waals surface area contributed by atoms with Gasteiger partial charge in [0.05, 0.1) is 17.8 Å². The van der Waals surface area contributed by atoms with E-state index in [9.17, 15) is 51.6 Å². The molecule has 424 valence electrons. The van der Waals surface area contributed by atoms with Crippen LogP contribution < -0.4 is 42.4 Å². The SMILES string of the molecule is CN[C@H](C(=O)N[C@H](C(=O)N(C)[C@H](/C=C(\C)C(=O)NS(=O)(=O)Cc1ccc(NC(=O)[C@@H](CCCNC(N)=O)NC(=O)[C@H](NC(=O)CCCCCN2C(=O)C=CC2=O)C(C)C)cc1)C(C)C)C(C)(C)C)C(C)(C)c1ccccc1. The third kappa shape index (κ3) is 19.9. The van der Waals surface area contributed by atoms with Crippen LogP contribution in [0.2, 0.25) is 0 Å². The number of amides is 10. The van der Waals surface area contributed by atoms with Gasteiger partial charge in [0.15, 0.2) is 0 Å². The highest BCUT2D eigenvalue weighted by Crippen LogP contribution is 2.29. The lowest BCUT2D eigenvalue weighted by molar-refractivity contribution is -0.141. The predicted octanol–water partition coefficient (Wildman–Crippen LogP) is 3.66. The number of carbonyl (C=O) groups is 9. The number of hydrogen-bond donors (Lipinski definition) is 8. The topological polar surface area (TPSA) is 304 Å². The van der Waals surface area contributed by atoms with E-state index in [1.165, 1.54) is 54.3 Å². The number of sulfonamides is 1. The molecule has 3 rings (SSSR count). The van der Waals surface area contributed by atoms with E-state index < -0.39 is 92.4 Å². The van der Waals surface area contributed by atoms with E-state index in [0.717, 1.165) is 10.5 Å². The first-order chi connectivity index (χ1) is 35.9. The van der Waals surface area contributed by atoms with Crippen molar-refractivity contribution in [3.63, 3.8) is 0 Å². The molecule has 0 aromatic heterocycles. The van der Waals surface area contributed by atoms with E-state index in [-0.39, 0.29) is 78.7 Å². The van der Waals surface area contributed by atoms with Crippen LogP contribution >= 0.6 is 0 Å². The highest BCUT2D eigenvalue weighted by molar-refractivity contribution is 7.89. The van der Waals surface area contributed by atoms with Gasteiger partial charge in [0, 0.05) is 55.4 Å². The summed E-state index contributed by atoms with van der Waals surface area (Å²) >= 11 is 0. The Kier molecular flexibility index (Phi) is 24.2. The third-order valence-electron chi connectivity index (χ3n) is 13.3. The Morgan fingerprint density at radius 1 is 0.753 bits per heavy atom. The second-order valence-corrected chi connectivity index (χ2v) is 23.5. The predicted molar refractivity (Wildman–Crippen MR) is 295 cm³/mol. The number of carbonyl (C=O) groups excluding carboxylic acids is 9. The Hall–Kier alpha value is -6.94. The molecule has 9 N–H and O–H groups in total. The summed E-state index contributed by atoms with van der Waals surface area (Å²) in [7, 11) is -1.01. The van der Waals surface area contributed by atoms with Crippen LogP contribution in [0.5, 0.6) is 0 Å². The maximum atomic E-state index is 14.4. The van der Waals surface area contributed by atoms with Crippen LogP contribution in [0.4, 0.5) is 10.5 Å². The summed E-state index contributed by atoms with van der Waals surface area (Å²) in [6.45, 7) is 18.4. The Balaban J connectivity index is 1.67. The average molecular weight is 1090 g/mol. The summed E-state index contributed by atoms with van der Waals surface area (Å²) in [5.74, 6) is -5.32. The molecule has 1 aliphatic heterocycles. The van der Waals surface area contributed by atoms with Crippen molar-refractivity contribution in [1.29, 1.82) is 0 Å². The summed E-state index contributed by atoms with van der Waals surface area (Å²) in [6.07, 6.45) is 5.81. The van der Waals surface area contributed by atoms with Gasteiger partial charge in [0.25, 0.3) is 17.7 Å². The maximum absolute atomic E-state index is 14.4. The number of imide groups is 1. The highest BCUT2D eigenvalue weighted by atomic mass is 32.2. The molecule has 0 unspecified atom stereocenters. The fourth-order valence-electron chi connectivity index (χ4n) is 8.77. The molecule has 0 spiro atoms. The van der Waals surface area contributed by atoms with Crippen LogP contribution in [0.15, 0.2) is 78.4 Å². The number of unbranched alkanes of at least 4 members (excludes halogenated alkanes) is 2. The first-order valence-electron chi connectivity index (χ1n) is 26.0. The number of hydrogen-bond acceptors (Lipinski definition) is 12. The first-order valence-corrected chi connectivity index (χ1v) is 27.6. The molecule has 0 saturated heterocycles. The Labute approximate surface area is 454 Å². The van der Waals surface area contributed by atoms with E-state index in [4.69, 9.17) is 5.73 Å². The zero-order valence-corrected chi connectivity index (χ0v) is 47.5. The van der Waals surface area contributed by atoms with Crippen LogP contribution in [0.1, 0.15) is 119 Å². The number of nitrogens with one attached hydrogen (secondary N) is 7. The Bertz CT molecular complexity index is 2580. The number of rotatable bonds is 29. The first kappa shape index (κ1) is 64.3. The van der Waals surface area contributed by atoms with Crippen molar-refractivity contribution >= 4 is 69.0 Å². The molecular weight excluding hydrogens is 1010 g/mol. The second-order valence-electron chi connectivity index (χ2n) is 21.8. The summed E-state index contributed by atoms with van der Waals surface area (Å²) in [4.78, 5) is 120. The molecule has 77 heavy (non-hydrogen) atoms. The zero-order chi connectivity index (χ0) is 58.0. The van der Waals surface area contributed by atoms with Crippen molar-refractivity contribution in [3.8, 4) is 0 Å². The monoisotopic (exact) mass is 1090 g/mol. The third-order valence-corrected chi connectivity index (χ3v) is 14.5. The minimum atomic E-state index is -4.29. The van der Waals surface area contributed by atoms with Crippen molar-refractivity contribution in [2.75, 3.05) is 32.5 Å². The molecule has 1 aliphatic rings. The molecule has 5 atom stereocenters. The number of nitrogens with two attached hydrogens (primary N) is 1. The van der Waals surface area contributed by atoms with E-state index in [1.54, 1.807) is 27.9 Å². The fraction of sp³-hybridized carbons (Fsp3) is 0.545. The number of likely N-dealkylation sites (N-methyl/N-ethyl adjacent to an activating group) is 2. The van der Waals surface area contributed by atoms with E-state index in [0.29, 0.717) is 19.3 Å². The summed E-state index contributed by atoms with van der Waals surface area (Å²) in [5, 5.41) is 16.7. The molecule has 0 radical (unpaired) electrons. The average Bonchev–Trinajstić information content (AvgIpc) is 3.66. The molecule has 1 heterocycles. The maximum Gasteiger partial charge on any atom is 0.312 e. The smallest absolute Gasteiger partial charge is 0.312 e. The molecule has 0 aliphatic carbocycles. The van der Waals surface area contributed by atoms with Gasteiger partial charge in [-0.05, 0) is 80.2 Å². The van der Waals surface area contributed by atoms with Crippen LogP contribution in [0.25, 0.3) is 0 Å². The van der Waals surface area contributed by atoms with Crippen LogP contribution in [-0.4, -0.2) is 129 Å². The largest absolute Gasteiger partial charge is 0.352 e. The Morgan fingerprint density at radius 2 is 1.36 bits per heavy atom. The lowest BCUT2D eigenvalue weighted by Crippen LogP contribution is -2.61. The Morgan fingerprint density at radius 3 is 1.91 bits per heavy atom. The molecule has 2 aromatic rings. The highest BCUT2D eigenvalue weighted by Gasteiger charge is 2.42. The van der Waals surface area contributed by atoms with Crippen LogP contribution in [0, 0.1) is 17.3 Å². The van der Waals surface area contributed by atoms with E-state index in [2.05, 4.69) is 36.6 Å². The zero-order valence-electron chi connectivity index (χ0n) is 46.7. The van der Waals surface area contributed by atoms with Crippen LogP contribution in [0.3, 0.4) is 0 Å². The van der Waals surface area contributed by atoms with E-state index >= 15 is 0 Å². The summed E-state index contributed by atoms with van der Waals surface area (Å²) in [5.41, 5.74) is 5.31. The van der Waals surface area contributed by atoms with Gasteiger partial charge in [-0.2, -0.15) is 0 Å². The minimum Gasteiger partial charge on any atom is -0.352 e. The van der Waals surface area contributed by atoms with Gasteiger partial charge in [0.1, 0.15) is 18.1 Å². The van der Waals surface area contributed by atoms with Gasteiger partial charge in [-0.25, -0.2) is 17.9 Å². The second kappa shape index (κ2) is 29.0. The standard InChI is InChI=1S/C55H82N10O11S/c1-34(2)41(64(12)52(73)47(54(6,7)8)62-51(72)46(57-11)55(9,10)38-20-15-13-16-21-38)32-36(5)48(69)63-77(75,76)33-37-24-26-39(27-25-37)59-49(70)40(22-19-30-58-53(56)74)60-50(71)45(35(3)4)61-42(66)23-17-14-18-31-65-43(67)28-29-44(65)68/h13,15-16,20-21,24-29,32,34-35,40-41,45-47,57H,14,17-19,22-23,30-31,33H2,1-12H3,(H,59,70)(H,60,71)(H,61,66)(H,62,72)(H,63,69)(H3,56,58,74)/b36-32+/t40-,41-,45-,46-,47-/m1/s1. The number of urea groups is 1. The van der Waals surface area contributed by atoms with Crippen LogP contribution in [-0.2, 0) is 59.5 Å². The molecule has 10 amide bonds. The van der Waals surface area contributed by atoms with Crippen molar-refractivity contribution in [2.45, 2.75) is 149 Å². The van der Waals surface area contributed by atoms with Crippen molar-refractivity contribution in [2.24, 2.45) is 23.0 Å². The van der Waals surface area contributed by atoms with Gasteiger partial charge in [-0.1, -0.05) is 117 Å². The molecule has 0 bridgehead atoms. The lowest BCUT2D eigenvalue weighted by Gasteiger charge is -2.40. The number of nitrogens with zero attached hydrogens (tertiary/aromatic N) is 2. The molecule has 22 heteroatoms.